The number of carbonyl (C=O) groups excluding carboxylic acids is 1. The number of hydrogen-bond donors (Lipinski definition) is 5. The van der Waals surface area contributed by atoms with Crippen molar-refractivity contribution in [3.05, 3.63) is 89.0 Å². The summed E-state index contributed by atoms with van der Waals surface area (Å²) in [5.41, 5.74) is 14.9. The first-order valence-corrected chi connectivity index (χ1v) is 12.5. The van der Waals surface area contributed by atoms with Gasteiger partial charge in [-0.05, 0) is 24.0 Å². The van der Waals surface area contributed by atoms with Crippen LogP contribution in [-0.4, -0.2) is 17.6 Å². The lowest BCUT2D eigenvalue weighted by Crippen LogP contribution is -2.24. The molecule has 0 radical (unpaired) electrons. The molecule has 8 heteroatoms. The smallest absolute Gasteiger partial charge is 0.227 e. The van der Waals surface area contributed by atoms with E-state index in [0.29, 0.717) is 41.5 Å². The number of nitrogens with one attached hydrogen (secondary N) is 3. The molecule has 192 valence electrons. The quantitative estimate of drug-likeness (QED) is 0.198. The molecule has 3 aromatic carbocycles. The van der Waals surface area contributed by atoms with Crippen LogP contribution in [0.1, 0.15) is 54.4 Å². The van der Waals surface area contributed by atoms with Gasteiger partial charge < -0.3 is 26.3 Å². The van der Waals surface area contributed by atoms with Gasteiger partial charge in [0.1, 0.15) is 36.4 Å². The summed E-state index contributed by atoms with van der Waals surface area (Å²) in [6, 6.07) is 20.0. The molecule has 1 aliphatic carbocycles. The van der Waals surface area contributed by atoms with Crippen LogP contribution in [0.4, 0.5) is 5.69 Å². The Hall–Kier alpha value is -4.33. The summed E-state index contributed by atoms with van der Waals surface area (Å²) in [6.45, 7) is 0.619. The summed E-state index contributed by atoms with van der Waals surface area (Å²) in [5.74, 6) is 1.24. The van der Waals surface area contributed by atoms with E-state index in [4.69, 9.17) is 31.8 Å². The molecule has 0 saturated heterocycles. The minimum absolute atomic E-state index is 0.0200. The van der Waals surface area contributed by atoms with Crippen LogP contribution in [0.2, 0.25) is 0 Å². The van der Waals surface area contributed by atoms with E-state index in [2.05, 4.69) is 5.32 Å². The van der Waals surface area contributed by atoms with Gasteiger partial charge in [-0.25, -0.2) is 0 Å². The number of benzene rings is 3. The first-order valence-electron chi connectivity index (χ1n) is 12.5. The molecule has 1 saturated carbocycles. The van der Waals surface area contributed by atoms with Crippen LogP contribution >= 0.6 is 0 Å². The van der Waals surface area contributed by atoms with Crippen molar-refractivity contribution in [1.82, 2.24) is 0 Å². The number of nitrogens with two attached hydrogens (primary N) is 2. The van der Waals surface area contributed by atoms with Gasteiger partial charge in [-0.1, -0.05) is 67.8 Å². The van der Waals surface area contributed by atoms with Gasteiger partial charge in [0.2, 0.25) is 5.91 Å². The van der Waals surface area contributed by atoms with Gasteiger partial charge in [-0.3, -0.25) is 15.6 Å². The number of amidine groups is 2. The number of nitrogen functional groups attached to an aromatic ring is 2. The number of amides is 1. The lowest BCUT2D eigenvalue weighted by atomic mass is 9.88. The normalized spacial score (nSPS) is 13.5. The highest BCUT2D eigenvalue weighted by molar-refractivity contribution is 5.95. The Morgan fingerprint density at radius 2 is 1.22 bits per heavy atom. The second-order valence-electron chi connectivity index (χ2n) is 9.32. The van der Waals surface area contributed by atoms with Crippen molar-refractivity contribution in [2.45, 2.75) is 45.3 Å². The molecule has 37 heavy (non-hydrogen) atoms. The second kappa shape index (κ2) is 12.1. The van der Waals surface area contributed by atoms with E-state index in [-0.39, 0.29) is 23.5 Å². The number of ether oxygens (including phenoxy) is 2. The molecular weight excluding hydrogens is 466 g/mol. The molecule has 1 amide bonds. The Morgan fingerprint density at radius 1 is 0.757 bits per heavy atom. The summed E-state index contributed by atoms with van der Waals surface area (Å²) >= 11 is 0. The van der Waals surface area contributed by atoms with Crippen LogP contribution < -0.4 is 26.3 Å². The molecule has 8 nitrogen and oxygen atoms in total. The van der Waals surface area contributed by atoms with Crippen molar-refractivity contribution >= 4 is 23.3 Å². The van der Waals surface area contributed by atoms with Crippen molar-refractivity contribution < 1.29 is 14.3 Å². The van der Waals surface area contributed by atoms with Crippen molar-refractivity contribution in [1.29, 1.82) is 10.8 Å². The fourth-order valence-electron chi connectivity index (χ4n) is 4.31. The highest BCUT2D eigenvalue weighted by atomic mass is 16.5. The zero-order valence-electron chi connectivity index (χ0n) is 20.8. The molecular formula is C29H33N5O3. The van der Waals surface area contributed by atoms with Crippen LogP contribution in [-0.2, 0) is 18.0 Å². The minimum Gasteiger partial charge on any atom is -0.489 e. The fraction of sp³-hybridized carbons (Fsp3) is 0.276. The molecule has 4 rings (SSSR count). The van der Waals surface area contributed by atoms with E-state index in [1.165, 1.54) is 6.42 Å². The Morgan fingerprint density at radius 3 is 1.65 bits per heavy atom. The van der Waals surface area contributed by atoms with Gasteiger partial charge in [-0.2, -0.15) is 0 Å². The monoisotopic (exact) mass is 499 g/mol. The van der Waals surface area contributed by atoms with E-state index in [0.717, 1.165) is 36.8 Å². The molecule has 0 bridgehead atoms. The molecule has 0 aromatic heterocycles. The zero-order valence-corrected chi connectivity index (χ0v) is 20.8. The minimum atomic E-state index is 0.0200. The highest BCUT2D eigenvalue weighted by Gasteiger charge is 2.21. The lowest BCUT2D eigenvalue weighted by Gasteiger charge is -2.21. The van der Waals surface area contributed by atoms with Crippen molar-refractivity contribution in [2.75, 3.05) is 5.32 Å². The van der Waals surface area contributed by atoms with Gasteiger partial charge >= 0.3 is 0 Å². The van der Waals surface area contributed by atoms with E-state index in [1.54, 1.807) is 42.5 Å². The number of anilines is 1. The van der Waals surface area contributed by atoms with E-state index in [1.807, 2.05) is 24.3 Å². The van der Waals surface area contributed by atoms with Crippen LogP contribution in [0.3, 0.4) is 0 Å². The topological polar surface area (TPSA) is 147 Å². The third kappa shape index (κ3) is 7.33. The fourth-order valence-corrected chi connectivity index (χ4v) is 4.31. The highest BCUT2D eigenvalue weighted by Crippen LogP contribution is 2.30. The molecule has 0 atom stereocenters. The molecule has 0 heterocycles. The summed E-state index contributed by atoms with van der Waals surface area (Å²) in [7, 11) is 0. The summed E-state index contributed by atoms with van der Waals surface area (Å²) in [5, 5.41) is 18.1. The van der Waals surface area contributed by atoms with Gasteiger partial charge in [0.15, 0.2) is 0 Å². The van der Waals surface area contributed by atoms with Gasteiger partial charge in [0, 0.05) is 40.9 Å². The average Bonchev–Trinajstić information content (AvgIpc) is 2.91. The van der Waals surface area contributed by atoms with Crippen LogP contribution in [0, 0.1) is 16.7 Å². The van der Waals surface area contributed by atoms with Gasteiger partial charge in [0.05, 0.1) is 0 Å². The summed E-state index contributed by atoms with van der Waals surface area (Å²) in [4.78, 5) is 12.9. The van der Waals surface area contributed by atoms with Crippen molar-refractivity contribution in [2.24, 2.45) is 17.4 Å². The number of rotatable bonds is 10. The lowest BCUT2D eigenvalue weighted by molar-refractivity contribution is -0.120. The molecule has 7 N–H and O–H groups in total. The maximum absolute atomic E-state index is 12.9. The molecule has 3 aromatic rings. The Kier molecular flexibility index (Phi) is 8.40. The molecule has 0 aliphatic heterocycles. The van der Waals surface area contributed by atoms with Gasteiger partial charge in [0.25, 0.3) is 0 Å². The molecule has 0 spiro atoms. The zero-order chi connectivity index (χ0) is 26.2. The Balaban J connectivity index is 1.48. The predicted molar refractivity (Wildman–Crippen MR) is 145 cm³/mol. The van der Waals surface area contributed by atoms with E-state index < -0.39 is 0 Å². The molecule has 0 unspecified atom stereocenters. The third-order valence-corrected chi connectivity index (χ3v) is 6.46. The van der Waals surface area contributed by atoms with Gasteiger partial charge in [-0.15, -0.1) is 0 Å². The predicted octanol–water partition coefficient (Wildman–Crippen LogP) is 4.93. The van der Waals surface area contributed by atoms with Crippen LogP contribution in [0.5, 0.6) is 11.5 Å². The Bertz CT molecular complexity index is 1170. The second-order valence-corrected chi connectivity index (χ2v) is 9.32. The largest absolute Gasteiger partial charge is 0.489 e. The summed E-state index contributed by atoms with van der Waals surface area (Å²) < 4.78 is 12.1. The van der Waals surface area contributed by atoms with Crippen LogP contribution in [0.15, 0.2) is 66.7 Å². The molecule has 1 aliphatic rings. The van der Waals surface area contributed by atoms with E-state index >= 15 is 0 Å². The molecule has 1 fully saturated rings. The standard InChI is InChI=1S/C29H33N5O3/c30-27(31)21-10-6-19(7-11-21)17-36-25-14-24(34-29(35)23-4-2-1-3-5-23)15-26(16-25)37-18-20-8-12-22(13-9-20)28(32)33/h6-16,23H,1-5,17-18H2,(H3,30,31)(H3,32,33)(H,34,35). The first kappa shape index (κ1) is 25.8. The first-order chi connectivity index (χ1) is 17.9. The van der Waals surface area contributed by atoms with Crippen molar-refractivity contribution in [3.8, 4) is 11.5 Å². The third-order valence-electron chi connectivity index (χ3n) is 6.46. The maximum Gasteiger partial charge on any atom is 0.227 e. The summed E-state index contributed by atoms with van der Waals surface area (Å²) in [6.07, 6.45) is 5.18. The van der Waals surface area contributed by atoms with Crippen LogP contribution in [0.25, 0.3) is 0 Å². The van der Waals surface area contributed by atoms with Crippen molar-refractivity contribution in [3.63, 3.8) is 0 Å². The average molecular weight is 500 g/mol. The maximum atomic E-state index is 12.9. The number of carbonyl (C=O) groups is 1. The SMILES string of the molecule is N=C(N)c1ccc(COc2cc(NC(=O)C3CCCCC3)cc(OCc3ccc(C(=N)N)cc3)c2)cc1. The van der Waals surface area contributed by atoms with E-state index in [9.17, 15) is 4.79 Å². The number of hydrogen-bond acceptors (Lipinski definition) is 5. The Labute approximate surface area is 217 Å².